The van der Waals surface area contributed by atoms with E-state index in [2.05, 4.69) is 4.74 Å². The van der Waals surface area contributed by atoms with Crippen molar-refractivity contribution < 1.29 is 9.53 Å². The summed E-state index contributed by atoms with van der Waals surface area (Å²) in [6.07, 6.45) is 1.81. The van der Waals surface area contributed by atoms with Crippen LogP contribution in [0.5, 0.6) is 0 Å². The second kappa shape index (κ2) is 2.31. The summed E-state index contributed by atoms with van der Waals surface area (Å²) in [6, 6.07) is 1.78. The molecule has 46 valence electrons. The third-order valence-corrected chi connectivity index (χ3v) is 1.11. The number of carbonyl (C=O) groups is 1. The number of carbonyl (C=O) groups excluding carboxylic acids is 1. The number of rotatable bonds is 0. The van der Waals surface area contributed by atoms with Crippen LogP contribution >= 0.6 is 0 Å². The Kier molecular flexibility index (Phi) is 1.50. The molecule has 0 N–H and O–H groups in total. The van der Waals surface area contributed by atoms with E-state index in [1.807, 2.05) is 0 Å². The van der Waals surface area contributed by atoms with Crippen molar-refractivity contribution in [1.29, 1.82) is 5.26 Å². The van der Waals surface area contributed by atoms with E-state index in [9.17, 15) is 4.79 Å². The molecule has 0 aromatic rings. The highest BCUT2D eigenvalue weighted by atomic mass is 16.5. The molecule has 0 atom stereocenters. The van der Waals surface area contributed by atoms with E-state index >= 15 is 0 Å². The van der Waals surface area contributed by atoms with Crippen molar-refractivity contribution in [3.05, 3.63) is 11.6 Å². The van der Waals surface area contributed by atoms with Crippen LogP contribution < -0.4 is 0 Å². The first-order chi connectivity index (χ1) is 4.34. The maximum atomic E-state index is 10.5. The Morgan fingerprint density at radius 1 is 1.78 bits per heavy atom. The van der Waals surface area contributed by atoms with Crippen molar-refractivity contribution >= 4 is 5.97 Å². The van der Waals surface area contributed by atoms with Crippen LogP contribution in [0.4, 0.5) is 0 Å². The van der Waals surface area contributed by atoms with Gasteiger partial charge in [0, 0.05) is 12.5 Å². The Balaban J connectivity index is 2.73. The molecule has 1 fully saturated rings. The summed E-state index contributed by atoms with van der Waals surface area (Å²) >= 11 is 0. The van der Waals surface area contributed by atoms with Crippen molar-refractivity contribution in [2.75, 3.05) is 6.61 Å². The van der Waals surface area contributed by atoms with Gasteiger partial charge in [-0.3, -0.25) is 0 Å². The van der Waals surface area contributed by atoms with E-state index in [1.54, 1.807) is 6.07 Å². The highest BCUT2D eigenvalue weighted by Gasteiger charge is 2.17. The van der Waals surface area contributed by atoms with E-state index in [4.69, 9.17) is 5.26 Å². The van der Waals surface area contributed by atoms with Crippen LogP contribution in [-0.4, -0.2) is 12.6 Å². The molecule has 1 heterocycles. The fraction of sp³-hybridized carbons (Fsp3) is 0.333. The SMILES string of the molecule is N#C/C=C1\CCOC1=O. The second-order valence-electron chi connectivity index (χ2n) is 1.68. The van der Waals surface area contributed by atoms with Gasteiger partial charge in [-0.25, -0.2) is 4.79 Å². The molecule has 3 nitrogen and oxygen atoms in total. The Hall–Kier alpha value is -1.30. The van der Waals surface area contributed by atoms with Gasteiger partial charge in [0.15, 0.2) is 0 Å². The van der Waals surface area contributed by atoms with Crippen molar-refractivity contribution in [3.8, 4) is 6.07 Å². The molecule has 0 amide bonds. The number of ether oxygens (including phenoxy) is 1. The van der Waals surface area contributed by atoms with Gasteiger partial charge in [0.05, 0.1) is 18.2 Å². The van der Waals surface area contributed by atoms with Gasteiger partial charge < -0.3 is 4.74 Å². The monoisotopic (exact) mass is 123 g/mol. The number of cyclic esters (lactones) is 1. The van der Waals surface area contributed by atoms with Gasteiger partial charge in [-0.2, -0.15) is 5.26 Å². The maximum Gasteiger partial charge on any atom is 0.334 e. The van der Waals surface area contributed by atoms with Crippen LogP contribution in [0.2, 0.25) is 0 Å². The Labute approximate surface area is 52.5 Å². The highest BCUT2D eigenvalue weighted by Crippen LogP contribution is 2.11. The first kappa shape index (κ1) is 5.83. The molecule has 9 heavy (non-hydrogen) atoms. The van der Waals surface area contributed by atoms with Gasteiger partial charge >= 0.3 is 5.97 Å². The van der Waals surface area contributed by atoms with Crippen molar-refractivity contribution in [2.24, 2.45) is 0 Å². The molecule has 0 bridgehead atoms. The van der Waals surface area contributed by atoms with Crippen molar-refractivity contribution in [2.45, 2.75) is 6.42 Å². The Bertz CT molecular complexity index is 200. The van der Waals surface area contributed by atoms with Gasteiger partial charge in [-0.05, 0) is 0 Å². The normalized spacial score (nSPS) is 21.7. The average Bonchev–Trinajstić information content (AvgIpc) is 2.18. The van der Waals surface area contributed by atoms with Gasteiger partial charge in [0.1, 0.15) is 0 Å². The van der Waals surface area contributed by atoms with Crippen LogP contribution in [0.1, 0.15) is 6.42 Å². The fourth-order valence-corrected chi connectivity index (χ4v) is 0.657. The Morgan fingerprint density at radius 2 is 2.56 bits per heavy atom. The lowest BCUT2D eigenvalue weighted by molar-refractivity contribution is -0.135. The first-order valence-corrected chi connectivity index (χ1v) is 2.60. The van der Waals surface area contributed by atoms with Gasteiger partial charge in [0.2, 0.25) is 0 Å². The maximum absolute atomic E-state index is 10.5. The van der Waals surface area contributed by atoms with Crippen LogP contribution in [-0.2, 0) is 9.53 Å². The lowest BCUT2D eigenvalue weighted by Gasteiger charge is -1.83. The largest absolute Gasteiger partial charge is 0.462 e. The zero-order valence-electron chi connectivity index (χ0n) is 4.76. The molecule has 3 heteroatoms. The summed E-state index contributed by atoms with van der Waals surface area (Å²) < 4.78 is 4.56. The van der Waals surface area contributed by atoms with Gasteiger partial charge in [-0.1, -0.05) is 0 Å². The lowest BCUT2D eigenvalue weighted by atomic mass is 10.2. The standard InChI is InChI=1S/C6H5NO2/c7-3-1-5-2-4-9-6(5)8/h1H,2,4H2/b5-1+. The summed E-state index contributed by atoms with van der Waals surface area (Å²) in [5.41, 5.74) is 0.484. The summed E-state index contributed by atoms with van der Waals surface area (Å²) in [5.74, 6) is -0.350. The van der Waals surface area contributed by atoms with Crippen molar-refractivity contribution in [3.63, 3.8) is 0 Å². The summed E-state index contributed by atoms with van der Waals surface area (Å²) in [4.78, 5) is 10.5. The molecule has 0 unspecified atom stereocenters. The average molecular weight is 123 g/mol. The fourth-order valence-electron chi connectivity index (χ4n) is 0.657. The Morgan fingerprint density at radius 3 is 3.00 bits per heavy atom. The molecule has 1 saturated heterocycles. The third-order valence-electron chi connectivity index (χ3n) is 1.11. The van der Waals surface area contributed by atoms with Gasteiger partial charge in [-0.15, -0.1) is 0 Å². The quantitative estimate of drug-likeness (QED) is 0.266. The highest BCUT2D eigenvalue weighted by molar-refractivity contribution is 5.90. The van der Waals surface area contributed by atoms with E-state index < -0.39 is 0 Å². The molecule has 0 aliphatic carbocycles. The number of hydrogen-bond acceptors (Lipinski definition) is 3. The van der Waals surface area contributed by atoms with E-state index in [0.29, 0.717) is 18.6 Å². The zero-order valence-corrected chi connectivity index (χ0v) is 4.76. The van der Waals surface area contributed by atoms with Crippen molar-refractivity contribution in [1.82, 2.24) is 0 Å². The minimum Gasteiger partial charge on any atom is -0.462 e. The molecule has 0 radical (unpaired) electrons. The third kappa shape index (κ3) is 1.08. The van der Waals surface area contributed by atoms with Crippen LogP contribution in [0.15, 0.2) is 11.6 Å². The summed E-state index contributed by atoms with van der Waals surface area (Å²) in [6.45, 7) is 0.423. The van der Waals surface area contributed by atoms with Crippen LogP contribution in [0, 0.1) is 11.3 Å². The van der Waals surface area contributed by atoms with E-state index in [0.717, 1.165) is 0 Å². The molecule has 0 spiro atoms. The minimum absolute atomic E-state index is 0.350. The molecule has 0 aromatic heterocycles. The molecule has 0 saturated carbocycles. The van der Waals surface area contributed by atoms with Gasteiger partial charge in [0.25, 0.3) is 0 Å². The summed E-state index contributed by atoms with van der Waals surface area (Å²) in [7, 11) is 0. The number of esters is 1. The molecular weight excluding hydrogens is 118 g/mol. The van der Waals surface area contributed by atoms with Crippen LogP contribution in [0.3, 0.4) is 0 Å². The molecule has 1 aliphatic rings. The number of nitrogens with zero attached hydrogens (tertiary/aromatic N) is 1. The van der Waals surface area contributed by atoms with E-state index in [1.165, 1.54) is 6.08 Å². The number of hydrogen-bond donors (Lipinski definition) is 0. The predicted molar refractivity (Wildman–Crippen MR) is 29.3 cm³/mol. The predicted octanol–water partition coefficient (Wildman–Crippen LogP) is 0.383. The number of allylic oxidation sites excluding steroid dienone is 1. The summed E-state index contributed by atoms with van der Waals surface area (Å²) in [5, 5.41) is 8.11. The molecular formula is C6H5NO2. The smallest absolute Gasteiger partial charge is 0.334 e. The first-order valence-electron chi connectivity index (χ1n) is 2.60. The zero-order chi connectivity index (χ0) is 6.69. The second-order valence-corrected chi connectivity index (χ2v) is 1.68. The topological polar surface area (TPSA) is 50.1 Å². The van der Waals surface area contributed by atoms with E-state index in [-0.39, 0.29) is 5.97 Å². The lowest BCUT2D eigenvalue weighted by Crippen LogP contribution is -1.93. The molecule has 1 aliphatic heterocycles. The molecule has 0 aromatic carbocycles. The molecule has 1 rings (SSSR count). The minimum atomic E-state index is -0.350. The number of nitriles is 1. The van der Waals surface area contributed by atoms with Crippen LogP contribution in [0.25, 0.3) is 0 Å².